The fraction of sp³-hybridized carbons (Fsp3) is 0.143. The highest BCUT2D eigenvalue weighted by Gasteiger charge is 2.31. The summed E-state index contributed by atoms with van der Waals surface area (Å²) >= 11 is 0. The predicted octanol–water partition coefficient (Wildman–Crippen LogP) is 1.68. The van der Waals surface area contributed by atoms with Gasteiger partial charge in [-0.15, -0.1) is 13.2 Å². The summed E-state index contributed by atoms with van der Waals surface area (Å²) in [6.45, 7) is 0. The molecule has 1 N–H and O–H groups in total. The average molecular weight is 207 g/mol. The van der Waals surface area contributed by atoms with E-state index in [1.807, 2.05) is 0 Å². The molecule has 1 aromatic rings. The second-order valence-electron chi connectivity index (χ2n) is 2.26. The van der Waals surface area contributed by atoms with Gasteiger partial charge in [-0.25, -0.2) is 4.79 Å². The number of rotatable bonds is 2. The van der Waals surface area contributed by atoms with Gasteiger partial charge < -0.3 is 9.84 Å². The molecule has 4 nitrogen and oxygen atoms in total. The maximum absolute atomic E-state index is 11.7. The van der Waals surface area contributed by atoms with E-state index in [-0.39, 0.29) is 5.56 Å². The van der Waals surface area contributed by atoms with Crippen molar-refractivity contribution in [2.75, 3.05) is 0 Å². The number of hydrogen-bond donors (Lipinski definition) is 1. The van der Waals surface area contributed by atoms with Gasteiger partial charge in [-0.2, -0.15) is 0 Å². The quantitative estimate of drug-likeness (QED) is 0.801. The van der Waals surface area contributed by atoms with E-state index >= 15 is 0 Å². The Hall–Kier alpha value is -1.79. The summed E-state index contributed by atoms with van der Waals surface area (Å²) in [7, 11) is 0. The number of carboxylic acid groups (broad SMARTS) is 1. The molecule has 76 valence electrons. The zero-order valence-corrected chi connectivity index (χ0v) is 6.58. The van der Waals surface area contributed by atoms with Gasteiger partial charge in [-0.3, -0.25) is 4.98 Å². The normalized spacial score (nSPS) is 11.1. The Balaban J connectivity index is 2.89. The van der Waals surface area contributed by atoms with E-state index in [4.69, 9.17) is 5.11 Å². The van der Waals surface area contributed by atoms with Crippen molar-refractivity contribution in [1.29, 1.82) is 0 Å². The Morgan fingerprint density at radius 2 is 2.07 bits per heavy atom. The molecule has 7 heteroatoms. The van der Waals surface area contributed by atoms with E-state index in [1.54, 1.807) is 0 Å². The van der Waals surface area contributed by atoms with Crippen molar-refractivity contribution in [1.82, 2.24) is 4.98 Å². The Morgan fingerprint density at radius 1 is 1.43 bits per heavy atom. The highest BCUT2D eigenvalue weighted by atomic mass is 19.4. The van der Waals surface area contributed by atoms with Crippen molar-refractivity contribution in [3.05, 3.63) is 24.0 Å². The second kappa shape index (κ2) is 3.52. The van der Waals surface area contributed by atoms with Gasteiger partial charge in [0.2, 0.25) is 0 Å². The molecule has 0 bridgehead atoms. The molecule has 1 aromatic heterocycles. The van der Waals surface area contributed by atoms with Crippen molar-refractivity contribution in [3.8, 4) is 5.75 Å². The molecular weight excluding hydrogens is 203 g/mol. The molecule has 0 aliphatic carbocycles. The highest BCUT2D eigenvalue weighted by molar-refractivity contribution is 5.87. The largest absolute Gasteiger partial charge is 0.573 e. The molecule has 0 aliphatic rings. The van der Waals surface area contributed by atoms with Crippen LogP contribution >= 0.6 is 0 Å². The smallest absolute Gasteiger partial charge is 0.478 e. The molecule has 0 spiro atoms. The first-order chi connectivity index (χ1) is 6.38. The van der Waals surface area contributed by atoms with Crippen LogP contribution in [0.4, 0.5) is 13.2 Å². The molecule has 0 radical (unpaired) electrons. The first-order valence-corrected chi connectivity index (χ1v) is 3.32. The van der Waals surface area contributed by atoms with Crippen molar-refractivity contribution in [2.45, 2.75) is 6.36 Å². The van der Waals surface area contributed by atoms with E-state index < -0.39 is 18.1 Å². The van der Waals surface area contributed by atoms with Crippen molar-refractivity contribution in [2.24, 2.45) is 0 Å². The summed E-state index contributed by atoms with van der Waals surface area (Å²) in [5.74, 6) is -2.03. The Kier molecular flexibility index (Phi) is 2.59. The number of nitrogens with zero attached hydrogens (tertiary/aromatic N) is 1. The molecule has 0 aliphatic heterocycles. The average Bonchev–Trinajstić information content (AvgIpc) is 2.01. The summed E-state index contributed by atoms with van der Waals surface area (Å²) in [6, 6.07) is 0.739. The summed E-state index contributed by atoms with van der Waals surface area (Å²) in [5, 5.41) is 8.43. The molecule has 0 fully saturated rings. The van der Waals surface area contributed by atoms with Crippen LogP contribution in [0.5, 0.6) is 5.75 Å². The number of aromatic nitrogens is 1. The minimum absolute atomic E-state index is 0.369. The van der Waals surface area contributed by atoms with Gasteiger partial charge >= 0.3 is 12.3 Å². The van der Waals surface area contributed by atoms with Gasteiger partial charge in [0.15, 0.2) is 0 Å². The number of ether oxygens (including phenoxy) is 1. The Morgan fingerprint density at radius 3 is 2.57 bits per heavy atom. The van der Waals surface area contributed by atoms with Gasteiger partial charge in [-0.05, 0) is 6.07 Å². The van der Waals surface area contributed by atoms with Crippen LogP contribution in [-0.2, 0) is 0 Å². The predicted molar refractivity (Wildman–Crippen MR) is 37.9 cm³/mol. The Bertz CT molecular complexity index is 350. The lowest BCUT2D eigenvalue weighted by molar-refractivity contribution is -0.274. The van der Waals surface area contributed by atoms with Crippen LogP contribution in [-0.4, -0.2) is 22.4 Å². The standard InChI is InChI=1S/C7H4F3NO3/c8-7(9,10)14-5-1-4(6(12)13)2-11-3-5/h1-3H,(H,12,13). The molecule has 1 rings (SSSR count). The number of alkyl halides is 3. The maximum Gasteiger partial charge on any atom is 0.573 e. The van der Waals surface area contributed by atoms with E-state index in [0.717, 1.165) is 18.5 Å². The summed E-state index contributed by atoms with van der Waals surface area (Å²) in [4.78, 5) is 13.6. The van der Waals surface area contributed by atoms with Gasteiger partial charge in [0.05, 0.1) is 11.8 Å². The van der Waals surface area contributed by atoms with Crippen LogP contribution in [0.1, 0.15) is 10.4 Å². The maximum atomic E-state index is 11.7. The third-order valence-electron chi connectivity index (χ3n) is 1.19. The van der Waals surface area contributed by atoms with Gasteiger partial charge in [0, 0.05) is 6.20 Å². The molecule has 0 aromatic carbocycles. The Labute approximate surface area is 75.9 Å². The van der Waals surface area contributed by atoms with Crippen LogP contribution in [0.3, 0.4) is 0 Å². The van der Waals surface area contributed by atoms with Gasteiger partial charge in [0.25, 0.3) is 0 Å². The molecule has 14 heavy (non-hydrogen) atoms. The molecule has 0 saturated carbocycles. The SMILES string of the molecule is O=C(O)c1cncc(OC(F)(F)F)c1. The van der Waals surface area contributed by atoms with E-state index in [0.29, 0.717) is 0 Å². The monoisotopic (exact) mass is 207 g/mol. The van der Waals surface area contributed by atoms with Crippen LogP contribution in [0.2, 0.25) is 0 Å². The zero-order valence-electron chi connectivity index (χ0n) is 6.58. The fourth-order valence-electron chi connectivity index (χ4n) is 0.725. The number of carbonyl (C=O) groups is 1. The van der Waals surface area contributed by atoms with E-state index in [9.17, 15) is 18.0 Å². The minimum atomic E-state index is -4.85. The number of halogens is 3. The molecule has 0 atom stereocenters. The third kappa shape index (κ3) is 2.92. The molecule has 0 unspecified atom stereocenters. The molecule has 1 heterocycles. The van der Waals surface area contributed by atoms with Crippen LogP contribution in [0, 0.1) is 0 Å². The second-order valence-corrected chi connectivity index (χ2v) is 2.26. The van der Waals surface area contributed by atoms with E-state index in [2.05, 4.69) is 9.72 Å². The number of pyridine rings is 1. The topological polar surface area (TPSA) is 59.4 Å². The lowest BCUT2D eigenvalue weighted by Gasteiger charge is -2.07. The van der Waals surface area contributed by atoms with Crippen LogP contribution < -0.4 is 4.74 Å². The van der Waals surface area contributed by atoms with Crippen molar-refractivity contribution >= 4 is 5.97 Å². The lowest BCUT2D eigenvalue weighted by atomic mass is 10.3. The minimum Gasteiger partial charge on any atom is -0.478 e. The molecule has 0 saturated heterocycles. The first-order valence-electron chi connectivity index (χ1n) is 3.32. The lowest BCUT2D eigenvalue weighted by Crippen LogP contribution is -2.17. The fourth-order valence-corrected chi connectivity index (χ4v) is 0.725. The molecular formula is C7H4F3NO3. The summed E-state index contributed by atoms with van der Waals surface area (Å²) in [5.41, 5.74) is -0.369. The number of aromatic carboxylic acids is 1. The summed E-state index contributed by atoms with van der Waals surface area (Å²) in [6.07, 6.45) is -3.15. The third-order valence-corrected chi connectivity index (χ3v) is 1.19. The van der Waals surface area contributed by atoms with Crippen molar-refractivity contribution < 1.29 is 27.8 Å². The molecule has 0 amide bonds. The summed E-state index contributed by atoms with van der Waals surface area (Å²) < 4.78 is 38.5. The first kappa shape index (κ1) is 10.3. The van der Waals surface area contributed by atoms with E-state index in [1.165, 1.54) is 0 Å². The van der Waals surface area contributed by atoms with Gasteiger partial charge in [-0.1, -0.05) is 0 Å². The van der Waals surface area contributed by atoms with Gasteiger partial charge in [0.1, 0.15) is 5.75 Å². The van der Waals surface area contributed by atoms with Crippen molar-refractivity contribution in [3.63, 3.8) is 0 Å². The zero-order chi connectivity index (χ0) is 10.8. The number of carboxylic acids is 1. The van der Waals surface area contributed by atoms with Crippen LogP contribution in [0.25, 0.3) is 0 Å². The highest BCUT2D eigenvalue weighted by Crippen LogP contribution is 2.22. The van der Waals surface area contributed by atoms with Crippen LogP contribution in [0.15, 0.2) is 18.5 Å². The number of hydrogen-bond acceptors (Lipinski definition) is 3.